The van der Waals surface area contributed by atoms with E-state index in [0.29, 0.717) is 5.84 Å². The average Bonchev–Trinajstić information content (AvgIpc) is 3.63. The number of fused-ring (bicyclic) bond motifs is 7. The summed E-state index contributed by atoms with van der Waals surface area (Å²) in [5.41, 5.74) is 6.92. The van der Waals surface area contributed by atoms with E-state index >= 15 is 0 Å². The average molecular weight is 720 g/mol. The molecule has 0 saturated heterocycles. The van der Waals surface area contributed by atoms with Crippen molar-refractivity contribution in [1.29, 1.82) is 5.41 Å². The highest BCUT2D eigenvalue weighted by molar-refractivity contribution is 7.25. The maximum absolute atomic E-state index is 9.31. The SMILES string of the molecule is N=C(N=C(N=Cc1c2ccccc2cc2c1ccc1ccccc12)c1ccccc1-c1ccc2sc3ccccc3c2c1)c1ccc(-c2ccccc2)cc1. The third kappa shape index (κ3) is 5.99. The fourth-order valence-corrected chi connectivity index (χ4v) is 8.81. The van der Waals surface area contributed by atoms with Gasteiger partial charge in [-0.15, -0.1) is 11.3 Å². The zero-order chi connectivity index (χ0) is 36.7. The van der Waals surface area contributed by atoms with Crippen LogP contribution < -0.4 is 0 Å². The van der Waals surface area contributed by atoms with Crippen LogP contribution in [0.25, 0.3) is 74.7 Å². The van der Waals surface area contributed by atoms with Gasteiger partial charge in [-0.3, -0.25) is 5.41 Å². The van der Waals surface area contributed by atoms with Crippen molar-refractivity contribution in [2.75, 3.05) is 0 Å². The molecule has 0 spiro atoms. The van der Waals surface area contributed by atoms with E-state index in [-0.39, 0.29) is 5.84 Å². The van der Waals surface area contributed by atoms with Crippen molar-refractivity contribution >= 4 is 81.7 Å². The maximum Gasteiger partial charge on any atom is 0.162 e. The van der Waals surface area contributed by atoms with Gasteiger partial charge in [-0.1, -0.05) is 164 Å². The van der Waals surface area contributed by atoms with Gasteiger partial charge in [0.05, 0.1) is 0 Å². The molecule has 10 rings (SSSR count). The summed E-state index contributed by atoms with van der Waals surface area (Å²) in [6.07, 6.45) is 1.95. The first-order valence-corrected chi connectivity index (χ1v) is 19.2. The van der Waals surface area contributed by atoms with Gasteiger partial charge in [-0.05, 0) is 78.8 Å². The van der Waals surface area contributed by atoms with Crippen LogP contribution in [-0.2, 0) is 0 Å². The molecule has 10 aromatic rings. The number of rotatable bonds is 5. The second kappa shape index (κ2) is 13.8. The molecule has 0 radical (unpaired) electrons. The van der Waals surface area contributed by atoms with Crippen molar-refractivity contribution in [3.8, 4) is 22.3 Å². The molecule has 1 heterocycles. The highest BCUT2D eigenvalue weighted by atomic mass is 32.1. The number of aliphatic imine (C=N–C) groups is 2. The molecule has 1 aromatic heterocycles. The fourth-order valence-electron chi connectivity index (χ4n) is 7.72. The lowest BCUT2D eigenvalue weighted by molar-refractivity contribution is 1.40. The molecule has 0 aliphatic heterocycles. The fraction of sp³-hybridized carbons (Fsp3) is 0. The van der Waals surface area contributed by atoms with Crippen LogP contribution in [0.5, 0.6) is 0 Å². The number of amidine groups is 2. The van der Waals surface area contributed by atoms with E-state index < -0.39 is 0 Å². The Morgan fingerprint density at radius 1 is 0.455 bits per heavy atom. The lowest BCUT2D eigenvalue weighted by Crippen LogP contribution is -2.06. The lowest BCUT2D eigenvalue weighted by atomic mass is 9.94. The van der Waals surface area contributed by atoms with Gasteiger partial charge in [-0.2, -0.15) is 0 Å². The van der Waals surface area contributed by atoms with Crippen LogP contribution in [0.3, 0.4) is 0 Å². The van der Waals surface area contributed by atoms with Gasteiger partial charge in [-0.25, -0.2) is 9.98 Å². The normalized spacial score (nSPS) is 12.1. The molecular weight excluding hydrogens is 687 g/mol. The van der Waals surface area contributed by atoms with Gasteiger partial charge >= 0.3 is 0 Å². The Balaban J connectivity index is 1.15. The highest BCUT2D eigenvalue weighted by Gasteiger charge is 2.16. The zero-order valence-electron chi connectivity index (χ0n) is 29.8. The monoisotopic (exact) mass is 719 g/mol. The van der Waals surface area contributed by atoms with Crippen LogP contribution in [0, 0.1) is 5.41 Å². The first-order valence-electron chi connectivity index (χ1n) is 18.4. The number of hydrogen-bond acceptors (Lipinski definition) is 2. The van der Waals surface area contributed by atoms with Crippen molar-refractivity contribution < 1.29 is 0 Å². The van der Waals surface area contributed by atoms with Crippen LogP contribution in [0.2, 0.25) is 0 Å². The van der Waals surface area contributed by atoms with Gasteiger partial charge in [0, 0.05) is 43.1 Å². The van der Waals surface area contributed by atoms with Gasteiger partial charge in [0.2, 0.25) is 0 Å². The maximum atomic E-state index is 9.31. The van der Waals surface area contributed by atoms with Gasteiger partial charge in [0.15, 0.2) is 11.7 Å². The molecule has 3 nitrogen and oxygen atoms in total. The van der Waals surface area contributed by atoms with E-state index in [4.69, 9.17) is 9.98 Å². The van der Waals surface area contributed by atoms with Crippen molar-refractivity contribution in [3.63, 3.8) is 0 Å². The molecule has 9 aromatic carbocycles. The first-order chi connectivity index (χ1) is 27.2. The molecule has 0 unspecified atom stereocenters. The van der Waals surface area contributed by atoms with Crippen molar-refractivity contribution in [3.05, 3.63) is 205 Å². The molecular formula is C51H33N3S. The largest absolute Gasteiger partial charge is 0.282 e. The Hall–Kier alpha value is -7.01. The van der Waals surface area contributed by atoms with E-state index in [2.05, 4.69) is 152 Å². The minimum absolute atomic E-state index is 0.148. The van der Waals surface area contributed by atoms with Crippen LogP contribution in [0.1, 0.15) is 16.7 Å². The predicted molar refractivity (Wildman–Crippen MR) is 237 cm³/mol. The summed E-state index contributed by atoms with van der Waals surface area (Å²) in [6.45, 7) is 0. The molecule has 4 heteroatoms. The third-order valence-corrected chi connectivity index (χ3v) is 11.6. The lowest BCUT2D eigenvalue weighted by Gasteiger charge is -2.13. The molecule has 0 saturated carbocycles. The summed E-state index contributed by atoms with van der Waals surface area (Å²) in [6, 6.07) is 65.6. The molecule has 0 aliphatic rings. The van der Waals surface area contributed by atoms with E-state index in [1.807, 2.05) is 53.9 Å². The summed E-state index contributed by atoms with van der Waals surface area (Å²) in [5.74, 6) is 0.625. The van der Waals surface area contributed by atoms with Gasteiger partial charge < -0.3 is 0 Å². The van der Waals surface area contributed by atoms with Crippen molar-refractivity contribution in [2.24, 2.45) is 9.98 Å². The van der Waals surface area contributed by atoms with Crippen LogP contribution in [0.15, 0.2) is 198 Å². The third-order valence-electron chi connectivity index (χ3n) is 10.5. The molecule has 258 valence electrons. The van der Waals surface area contributed by atoms with Crippen LogP contribution >= 0.6 is 11.3 Å². The number of nitrogens with zero attached hydrogens (tertiary/aromatic N) is 2. The van der Waals surface area contributed by atoms with E-state index in [9.17, 15) is 5.41 Å². The molecule has 0 bridgehead atoms. The van der Waals surface area contributed by atoms with Gasteiger partial charge in [0.1, 0.15) is 0 Å². The Morgan fingerprint density at radius 2 is 1.11 bits per heavy atom. The first kappa shape index (κ1) is 32.6. The smallest absolute Gasteiger partial charge is 0.162 e. The summed E-state index contributed by atoms with van der Waals surface area (Å²) in [7, 11) is 0. The van der Waals surface area contributed by atoms with E-state index in [0.717, 1.165) is 55.1 Å². The number of nitrogens with one attached hydrogen (secondary N) is 1. The molecule has 1 N–H and O–H groups in total. The Labute approximate surface area is 322 Å². The van der Waals surface area contributed by atoms with E-state index in [1.165, 1.54) is 36.3 Å². The zero-order valence-corrected chi connectivity index (χ0v) is 30.6. The molecule has 0 aliphatic carbocycles. The van der Waals surface area contributed by atoms with Crippen molar-refractivity contribution in [2.45, 2.75) is 0 Å². The Kier molecular flexibility index (Phi) is 8.16. The summed E-state index contributed by atoms with van der Waals surface area (Å²) >= 11 is 1.81. The number of hydrogen-bond donors (Lipinski definition) is 1. The standard InChI is InChI=1S/C51H33N3S/c52-50(36-24-22-34(23-25-36)33-12-2-1-3-13-33)54-51(44-20-9-8-17-40(44)38-27-29-49-46(31-38)43-19-10-11-21-48(43)55-49)53-32-47-41-18-7-5-15-37(41)30-45-39-16-6-4-14-35(39)26-28-42(45)47/h1-32,52H. The molecule has 55 heavy (non-hydrogen) atoms. The van der Waals surface area contributed by atoms with Crippen LogP contribution in [-0.4, -0.2) is 17.9 Å². The second-order valence-electron chi connectivity index (χ2n) is 13.7. The highest BCUT2D eigenvalue weighted by Crippen LogP contribution is 2.38. The number of benzene rings is 9. The quantitative estimate of drug-likeness (QED) is 0.0797. The predicted octanol–water partition coefficient (Wildman–Crippen LogP) is 13.7. The number of thiophene rings is 1. The van der Waals surface area contributed by atoms with E-state index in [1.54, 1.807) is 0 Å². The minimum atomic E-state index is 0.148. The topological polar surface area (TPSA) is 48.6 Å². The Morgan fingerprint density at radius 3 is 1.96 bits per heavy atom. The Bertz CT molecular complexity index is 3150. The summed E-state index contributed by atoms with van der Waals surface area (Å²) in [4.78, 5) is 10.3. The van der Waals surface area contributed by atoms with Crippen LogP contribution in [0.4, 0.5) is 0 Å². The molecule has 0 amide bonds. The second-order valence-corrected chi connectivity index (χ2v) is 14.8. The minimum Gasteiger partial charge on any atom is -0.282 e. The summed E-state index contributed by atoms with van der Waals surface area (Å²) < 4.78 is 2.53. The van der Waals surface area contributed by atoms with Gasteiger partial charge in [0.25, 0.3) is 0 Å². The summed E-state index contributed by atoms with van der Waals surface area (Å²) in [5, 5.41) is 18.8. The molecule has 0 fully saturated rings. The van der Waals surface area contributed by atoms with Crippen molar-refractivity contribution in [1.82, 2.24) is 0 Å². The molecule has 0 atom stereocenters.